The first-order valence-corrected chi connectivity index (χ1v) is 12.4. The number of carboxylic acids is 2. The minimum atomic E-state index is -1.26. The quantitative estimate of drug-likeness (QED) is 0.433. The Labute approximate surface area is 210 Å². The molecule has 0 saturated heterocycles. The zero-order valence-electron chi connectivity index (χ0n) is 20.5. The van der Waals surface area contributed by atoms with Crippen molar-refractivity contribution in [2.24, 2.45) is 0 Å². The van der Waals surface area contributed by atoms with Crippen LogP contribution in [0.4, 0.5) is 11.4 Å². The number of para-hydroxylation sites is 1. The van der Waals surface area contributed by atoms with E-state index in [1.165, 1.54) is 15.5 Å². The molecule has 0 saturated carbocycles. The van der Waals surface area contributed by atoms with Gasteiger partial charge in [0, 0.05) is 46.6 Å². The maximum atomic E-state index is 12.4. The molecule has 35 heavy (non-hydrogen) atoms. The maximum Gasteiger partial charge on any atom is 0.328 e. The van der Waals surface area contributed by atoms with Crippen LogP contribution >= 0.6 is 11.8 Å². The highest BCUT2D eigenvalue weighted by molar-refractivity contribution is 7.99. The molecule has 0 spiro atoms. The van der Waals surface area contributed by atoms with E-state index in [4.69, 9.17) is 10.2 Å². The molecule has 188 valence electrons. The summed E-state index contributed by atoms with van der Waals surface area (Å²) >= 11 is 1.78. The summed E-state index contributed by atoms with van der Waals surface area (Å²) in [7, 11) is 0. The second kappa shape index (κ2) is 13.6. The third kappa shape index (κ3) is 7.87. The lowest BCUT2D eigenvalue weighted by atomic mass is 10.1. The number of likely N-dealkylation sites (N-methyl/N-ethyl adjacent to an activating group) is 1. The number of anilines is 2. The van der Waals surface area contributed by atoms with Gasteiger partial charge < -0.3 is 25.3 Å². The third-order valence-electron chi connectivity index (χ3n) is 5.39. The third-order valence-corrected chi connectivity index (χ3v) is 6.52. The number of benzene rings is 2. The number of nitrogens with zero attached hydrogens (tertiary/aromatic N) is 2. The molecule has 0 radical (unpaired) electrons. The van der Waals surface area contributed by atoms with Crippen molar-refractivity contribution in [2.45, 2.75) is 43.5 Å². The van der Waals surface area contributed by atoms with E-state index in [1.807, 2.05) is 19.1 Å². The van der Waals surface area contributed by atoms with Gasteiger partial charge in [0.25, 0.3) is 5.91 Å². The minimum Gasteiger partial charge on any atom is -0.478 e. The Kier molecular flexibility index (Phi) is 10.8. The van der Waals surface area contributed by atoms with Gasteiger partial charge in [-0.15, -0.1) is 0 Å². The number of carbonyl (C=O) groups is 3. The summed E-state index contributed by atoms with van der Waals surface area (Å²) in [6, 6.07) is 14.9. The second-order valence-electron chi connectivity index (χ2n) is 7.83. The van der Waals surface area contributed by atoms with Crippen molar-refractivity contribution in [1.29, 1.82) is 0 Å². The molecule has 2 aromatic rings. The number of carboxylic acid groups (broad SMARTS) is 2. The lowest BCUT2D eigenvalue weighted by Gasteiger charge is -2.39. The van der Waals surface area contributed by atoms with Gasteiger partial charge in [0.2, 0.25) is 0 Å². The second-order valence-corrected chi connectivity index (χ2v) is 8.91. The van der Waals surface area contributed by atoms with Crippen molar-refractivity contribution in [3.63, 3.8) is 0 Å². The summed E-state index contributed by atoms with van der Waals surface area (Å²) in [5, 5.41) is 18.5. The van der Waals surface area contributed by atoms with Gasteiger partial charge in [-0.25, -0.2) is 9.59 Å². The Bertz CT molecular complexity index is 1050. The summed E-state index contributed by atoms with van der Waals surface area (Å²) in [6.45, 7) is 12.3. The van der Waals surface area contributed by atoms with Crippen LogP contribution in [0.5, 0.6) is 0 Å². The Morgan fingerprint density at radius 1 is 0.971 bits per heavy atom. The van der Waals surface area contributed by atoms with Crippen LogP contribution in [0.15, 0.2) is 64.4 Å². The molecule has 1 aliphatic heterocycles. The van der Waals surface area contributed by atoms with Crippen LogP contribution in [0.2, 0.25) is 0 Å². The molecule has 8 nitrogen and oxygen atoms in total. The maximum absolute atomic E-state index is 12.4. The number of hydrogen-bond donors (Lipinski definition) is 3. The summed E-state index contributed by atoms with van der Waals surface area (Å²) < 4.78 is 0. The van der Waals surface area contributed by atoms with Crippen LogP contribution in [-0.2, 0) is 9.59 Å². The molecule has 2 aromatic carbocycles. The van der Waals surface area contributed by atoms with Gasteiger partial charge in [0.1, 0.15) is 0 Å². The molecule has 1 amide bonds. The topological polar surface area (TPSA) is 110 Å². The van der Waals surface area contributed by atoms with Gasteiger partial charge in [0.15, 0.2) is 0 Å². The SMILES string of the molecule is CCNC(=O)c1ccc2c(c1)N(C(C)CN(CC)CC)c1ccccc1S2.O=C(O)C=CC(=O)O. The van der Waals surface area contributed by atoms with Crippen LogP contribution in [-0.4, -0.2) is 65.2 Å². The number of carbonyl (C=O) groups excluding carboxylic acids is 1. The van der Waals surface area contributed by atoms with Crippen molar-refractivity contribution < 1.29 is 24.6 Å². The molecular weight excluding hydrogens is 466 g/mol. The van der Waals surface area contributed by atoms with Crippen molar-refractivity contribution in [1.82, 2.24) is 10.2 Å². The standard InChI is InChI=1S/C22H29N3OS.C4H4O4/c1-5-23-22(26)17-12-13-21-19(14-17)25(16(4)15-24(6-2)7-3)18-10-8-9-11-20(18)27-21;5-3(6)1-2-4(7)8/h8-14,16H,5-7,15H2,1-4H3,(H,23,26);1-2H,(H,5,6)(H,7,8). The molecule has 3 N–H and O–H groups in total. The number of amides is 1. The highest BCUT2D eigenvalue weighted by Crippen LogP contribution is 2.49. The fraction of sp³-hybridized carbons (Fsp3) is 0.346. The summed E-state index contributed by atoms with van der Waals surface area (Å²) in [5.74, 6) is -2.53. The van der Waals surface area contributed by atoms with E-state index >= 15 is 0 Å². The van der Waals surface area contributed by atoms with Gasteiger partial charge in [-0.2, -0.15) is 0 Å². The zero-order chi connectivity index (χ0) is 26.0. The predicted molar refractivity (Wildman–Crippen MR) is 139 cm³/mol. The molecule has 0 aromatic heterocycles. The van der Waals surface area contributed by atoms with E-state index < -0.39 is 11.9 Å². The number of aliphatic carboxylic acids is 2. The number of rotatable bonds is 9. The van der Waals surface area contributed by atoms with E-state index in [9.17, 15) is 14.4 Å². The molecular formula is C26H33N3O5S. The summed E-state index contributed by atoms with van der Waals surface area (Å²) in [6.07, 6.45) is 1.12. The predicted octanol–water partition coefficient (Wildman–Crippen LogP) is 4.48. The molecule has 0 fully saturated rings. The first-order chi connectivity index (χ1) is 16.7. The lowest BCUT2D eigenvalue weighted by molar-refractivity contribution is -0.134. The van der Waals surface area contributed by atoms with Crippen LogP contribution in [0.1, 0.15) is 38.1 Å². The van der Waals surface area contributed by atoms with E-state index in [-0.39, 0.29) is 5.91 Å². The van der Waals surface area contributed by atoms with Crippen LogP contribution in [0.25, 0.3) is 0 Å². The Morgan fingerprint density at radius 3 is 2.14 bits per heavy atom. The van der Waals surface area contributed by atoms with E-state index in [2.05, 4.69) is 66.2 Å². The smallest absolute Gasteiger partial charge is 0.328 e. The fourth-order valence-corrected chi connectivity index (χ4v) is 4.79. The van der Waals surface area contributed by atoms with Gasteiger partial charge in [-0.05, 0) is 57.3 Å². The van der Waals surface area contributed by atoms with Gasteiger partial charge in [-0.3, -0.25) is 4.79 Å². The zero-order valence-corrected chi connectivity index (χ0v) is 21.3. The van der Waals surface area contributed by atoms with Crippen LogP contribution in [0, 0.1) is 0 Å². The molecule has 1 unspecified atom stereocenters. The Morgan fingerprint density at radius 2 is 1.57 bits per heavy atom. The van der Waals surface area contributed by atoms with Crippen molar-refractivity contribution in [2.75, 3.05) is 31.1 Å². The first-order valence-electron chi connectivity index (χ1n) is 11.6. The van der Waals surface area contributed by atoms with E-state index in [1.54, 1.807) is 11.8 Å². The van der Waals surface area contributed by atoms with E-state index in [0.29, 0.717) is 24.7 Å². The molecule has 1 atom stereocenters. The summed E-state index contributed by atoms with van der Waals surface area (Å²) in [5.41, 5.74) is 3.07. The monoisotopic (exact) mass is 499 g/mol. The molecule has 1 heterocycles. The highest BCUT2D eigenvalue weighted by Gasteiger charge is 2.28. The Balaban J connectivity index is 0.000000466. The average molecular weight is 500 g/mol. The van der Waals surface area contributed by atoms with E-state index in [0.717, 1.165) is 30.9 Å². The minimum absolute atomic E-state index is 0.0134. The fourth-order valence-electron chi connectivity index (χ4n) is 3.74. The van der Waals surface area contributed by atoms with Crippen molar-refractivity contribution >= 4 is 41.0 Å². The average Bonchev–Trinajstić information content (AvgIpc) is 2.84. The molecule has 0 aliphatic carbocycles. The van der Waals surface area contributed by atoms with Crippen LogP contribution < -0.4 is 10.2 Å². The Hall–Kier alpha value is -3.30. The van der Waals surface area contributed by atoms with Crippen molar-refractivity contribution in [3.05, 3.63) is 60.2 Å². The molecule has 0 bridgehead atoms. The number of fused-ring (bicyclic) bond motifs is 2. The summed E-state index contributed by atoms with van der Waals surface area (Å²) in [4.78, 5) is 38.8. The first kappa shape index (κ1) is 27.9. The van der Waals surface area contributed by atoms with Gasteiger partial charge >= 0.3 is 11.9 Å². The van der Waals surface area contributed by atoms with Gasteiger partial charge in [-0.1, -0.05) is 37.7 Å². The largest absolute Gasteiger partial charge is 0.478 e. The molecule has 3 rings (SSSR count). The highest BCUT2D eigenvalue weighted by atomic mass is 32.2. The lowest BCUT2D eigenvalue weighted by Crippen LogP contribution is -2.41. The van der Waals surface area contributed by atoms with Gasteiger partial charge in [0.05, 0.1) is 11.4 Å². The van der Waals surface area contributed by atoms with Crippen molar-refractivity contribution in [3.8, 4) is 0 Å². The normalized spacial score (nSPS) is 12.9. The molecule has 1 aliphatic rings. The number of nitrogens with one attached hydrogen (secondary N) is 1. The van der Waals surface area contributed by atoms with Crippen LogP contribution in [0.3, 0.4) is 0 Å². The molecule has 9 heteroatoms. The number of hydrogen-bond acceptors (Lipinski definition) is 6.